The maximum Gasteiger partial charge on any atom is 0.303 e. The van der Waals surface area contributed by atoms with E-state index < -0.39 is 5.97 Å². The van der Waals surface area contributed by atoms with Crippen molar-refractivity contribution >= 4 is 23.5 Å². The third-order valence-corrected chi connectivity index (χ3v) is 4.70. The molecule has 1 atom stereocenters. The van der Waals surface area contributed by atoms with Gasteiger partial charge in [-0.3, -0.25) is 9.59 Å². The summed E-state index contributed by atoms with van der Waals surface area (Å²) in [5.74, 6) is -0.562. The summed E-state index contributed by atoms with van der Waals surface area (Å²) in [6.45, 7) is 5.27. The molecule has 1 N–H and O–H groups in total. The van der Waals surface area contributed by atoms with Gasteiger partial charge >= 0.3 is 5.97 Å². The van der Waals surface area contributed by atoms with Crippen LogP contribution >= 0.6 is 11.6 Å². The van der Waals surface area contributed by atoms with E-state index in [4.69, 9.17) is 16.7 Å². The molecule has 120 valence electrons. The van der Waals surface area contributed by atoms with Crippen molar-refractivity contribution in [1.82, 2.24) is 4.90 Å². The van der Waals surface area contributed by atoms with Gasteiger partial charge in [-0.15, -0.1) is 0 Å². The third-order valence-electron chi connectivity index (χ3n) is 4.39. The minimum atomic E-state index is -0.777. The number of hydrogen-bond donors (Lipinski definition) is 1. The molecule has 1 aliphatic rings. The Kier molecular flexibility index (Phi) is 5.46. The van der Waals surface area contributed by atoms with Crippen LogP contribution in [-0.4, -0.2) is 35.0 Å². The van der Waals surface area contributed by atoms with Crippen molar-refractivity contribution < 1.29 is 14.7 Å². The second-order valence-corrected chi connectivity index (χ2v) is 6.52. The molecule has 22 heavy (non-hydrogen) atoms. The number of carboxylic acid groups (broad SMARTS) is 1. The summed E-state index contributed by atoms with van der Waals surface area (Å²) in [5, 5.41) is 9.28. The molecule has 1 amide bonds. The zero-order valence-electron chi connectivity index (χ0n) is 13.1. The highest BCUT2D eigenvalue weighted by Gasteiger charge is 2.26. The van der Waals surface area contributed by atoms with Crippen molar-refractivity contribution in [2.24, 2.45) is 5.92 Å². The molecular weight excluding hydrogens is 302 g/mol. The van der Waals surface area contributed by atoms with Gasteiger partial charge in [-0.05, 0) is 62.3 Å². The lowest BCUT2D eigenvalue weighted by Gasteiger charge is -2.33. The molecule has 5 heteroatoms. The Morgan fingerprint density at radius 3 is 2.68 bits per heavy atom. The molecule has 1 fully saturated rings. The lowest BCUT2D eigenvalue weighted by molar-refractivity contribution is -0.137. The number of carbonyl (C=O) groups is 2. The lowest BCUT2D eigenvalue weighted by Crippen LogP contribution is -2.40. The first-order chi connectivity index (χ1) is 10.4. The number of carboxylic acids is 1. The van der Waals surface area contributed by atoms with Gasteiger partial charge in [-0.25, -0.2) is 0 Å². The molecule has 1 aromatic carbocycles. The van der Waals surface area contributed by atoms with Crippen LogP contribution in [0.15, 0.2) is 12.1 Å². The number of nitrogens with zero attached hydrogens (tertiary/aromatic N) is 1. The van der Waals surface area contributed by atoms with Gasteiger partial charge < -0.3 is 10.0 Å². The Balaban J connectivity index is 2.09. The lowest BCUT2D eigenvalue weighted by atomic mass is 9.93. The second-order valence-electron chi connectivity index (χ2n) is 6.11. The SMILES string of the molecule is Cc1cc(Cl)c(C(=O)N2CCCC(CCC(=O)O)C2)cc1C. The highest BCUT2D eigenvalue weighted by molar-refractivity contribution is 6.34. The molecule has 0 bridgehead atoms. The summed E-state index contributed by atoms with van der Waals surface area (Å²) in [6, 6.07) is 3.68. The Morgan fingerprint density at radius 2 is 2.00 bits per heavy atom. The van der Waals surface area contributed by atoms with Crippen LogP contribution in [-0.2, 0) is 4.79 Å². The van der Waals surface area contributed by atoms with Crippen LogP contribution in [0.3, 0.4) is 0 Å². The van der Waals surface area contributed by atoms with E-state index in [1.54, 1.807) is 0 Å². The van der Waals surface area contributed by atoms with Gasteiger partial charge in [0.2, 0.25) is 0 Å². The first-order valence-corrected chi connectivity index (χ1v) is 8.04. The van der Waals surface area contributed by atoms with Gasteiger partial charge in [-0.2, -0.15) is 0 Å². The van der Waals surface area contributed by atoms with E-state index in [0.29, 0.717) is 30.1 Å². The number of carbonyl (C=O) groups excluding carboxylic acids is 1. The minimum Gasteiger partial charge on any atom is -0.481 e. The van der Waals surface area contributed by atoms with Crippen LogP contribution in [0.2, 0.25) is 5.02 Å². The Hall–Kier alpha value is -1.55. The molecule has 1 aliphatic heterocycles. The minimum absolute atomic E-state index is 0.0480. The molecule has 1 saturated heterocycles. The number of likely N-dealkylation sites (tertiary alicyclic amines) is 1. The predicted molar refractivity (Wildman–Crippen MR) is 86.4 cm³/mol. The van der Waals surface area contributed by atoms with Crippen molar-refractivity contribution in [3.63, 3.8) is 0 Å². The van der Waals surface area contributed by atoms with Crippen LogP contribution in [0.5, 0.6) is 0 Å². The summed E-state index contributed by atoms with van der Waals surface area (Å²) < 4.78 is 0. The van der Waals surface area contributed by atoms with Crippen molar-refractivity contribution in [3.8, 4) is 0 Å². The van der Waals surface area contributed by atoms with Gasteiger partial charge in [0.05, 0.1) is 10.6 Å². The maximum absolute atomic E-state index is 12.7. The molecule has 1 unspecified atom stereocenters. The van der Waals surface area contributed by atoms with Gasteiger partial charge in [0.1, 0.15) is 0 Å². The highest BCUT2D eigenvalue weighted by atomic mass is 35.5. The fraction of sp³-hybridized carbons (Fsp3) is 0.529. The molecule has 0 spiro atoms. The van der Waals surface area contributed by atoms with E-state index in [1.807, 2.05) is 30.9 Å². The first kappa shape index (κ1) is 16.8. The van der Waals surface area contributed by atoms with Crippen molar-refractivity contribution in [2.75, 3.05) is 13.1 Å². The summed E-state index contributed by atoms with van der Waals surface area (Å²) in [5.41, 5.74) is 2.66. The van der Waals surface area contributed by atoms with Crippen LogP contribution in [0.1, 0.15) is 47.2 Å². The number of benzene rings is 1. The Labute approximate surface area is 136 Å². The molecule has 1 heterocycles. The van der Waals surface area contributed by atoms with E-state index in [1.165, 1.54) is 0 Å². The maximum atomic E-state index is 12.7. The van der Waals surface area contributed by atoms with Crippen LogP contribution < -0.4 is 0 Å². The average Bonchev–Trinajstić information content (AvgIpc) is 2.48. The molecule has 0 saturated carbocycles. The van der Waals surface area contributed by atoms with Crippen molar-refractivity contribution in [1.29, 1.82) is 0 Å². The molecule has 0 radical (unpaired) electrons. The first-order valence-electron chi connectivity index (χ1n) is 7.66. The van der Waals surface area contributed by atoms with E-state index in [-0.39, 0.29) is 18.2 Å². The number of rotatable bonds is 4. The molecular formula is C17H22ClNO3. The monoisotopic (exact) mass is 323 g/mol. The highest BCUT2D eigenvalue weighted by Crippen LogP contribution is 2.26. The van der Waals surface area contributed by atoms with Crippen LogP contribution in [0.25, 0.3) is 0 Å². The van der Waals surface area contributed by atoms with Gasteiger partial charge in [-0.1, -0.05) is 11.6 Å². The smallest absolute Gasteiger partial charge is 0.303 e. The Morgan fingerprint density at radius 1 is 1.32 bits per heavy atom. The zero-order chi connectivity index (χ0) is 16.3. The Bertz CT molecular complexity index is 586. The summed E-state index contributed by atoms with van der Waals surface area (Å²) in [6.07, 6.45) is 2.69. The van der Waals surface area contributed by atoms with E-state index in [2.05, 4.69) is 0 Å². The summed E-state index contributed by atoms with van der Waals surface area (Å²) in [4.78, 5) is 25.2. The molecule has 4 nitrogen and oxygen atoms in total. The number of amides is 1. The van der Waals surface area contributed by atoms with Crippen LogP contribution in [0, 0.1) is 19.8 Å². The number of aliphatic carboxylic acids is 1. The number of piperidine rings is 1. The fourth-order valence-corrected chi connectivity index (χ4v) is 3.23. The number of halogens is 1. The number of hydrogen-bond acceptors (Lipinski definition) is 2. The number of aryl methyl sites for hydroxylation is 2. The molecule has 1 aromatic rings. The van der Waals surface area contributed by atoms with E-state index in [9.17, 15) is 9.59 Å². The third kappa shape index (κ3) is 4.01. The fourth-order valence-electron chi connectivity index (χ4n) is 2.93. The standard InChI is InChI=1S/C17H22ClNO3/c1-11-8-14(15(18)9-12(11)2)17(22)19-7-3-4-13(10-19)5-6-16(20)21/h8-9,13H,3-7,10H2,1-2H3,(H,20,21). The van der Waals surface area contributed by atoms with Gasteiger partial charge in [0, 0.05) is 19.5 Å². The van der Waals surface area contributed by atoms with Crippen molar-refractivity contribution in [2.45, 2.75) is 39.5 Å². The topological polar surface area (TPSA) is 57.6 Å². The quantitative estimate of drug-likeness (QED) is 0.919. The summed E-state index contributed by atoms with van der Waals surface area (Å²) >= 11 is 6.23. The molecule has 0 aromatic heterocycles. The second kappa shape index (κ2) is 7.14. The molecule has 2 rings (SSSR count). The van der Waals surface area contributed by atoms with E-state index in [0.717, 1.165) is 24.0 Å². The zero-order valence-corrected chi connectivity index (χ0v) is 13.8. The van der Waals surface area contributed by atoms with Crippen molar-refractivity contribution in [3.05, 3.63) is 33.8 Å². The van der Waals surface area contributed by atoms with E-state index >= 15 is 0 Å². The predicted octanol–water partition coefficient (Wildman–Crippen LogP) is 3.67. The average molecular weight is 324 g/mol. The van der Waals surface area contributed by atoms with Crippen LogP contribution in [0.4, 0.5) is 0 Å². The summed E-state index contributed by atoms with van der Waals surface area (Å²) in [7, 11) is 0. The normalized spacial score (nSPS) is 18.3. The van der Waals surface area contributed by atoms with Gasteiger partial charge in [0.25, 0.3) is 5.91 Å². The largest absolute Gasteiger partial charge is 0.481 e. The van der Waals surface area contributed by atoms with Gasteiger partial charge in [0.15, 0.2) is 0 Å². The molecule has 0 aliphatic carbocycles.